The second-order valence-electron chi connectivity index (χ2n) is 4.21. The molecule has 0 saturated heterocycles. The van der Waals surface area contributed by atoms with Crippen molar-refractivity contribution in [3.05, 3.63) is 24.2 Å². The summed E-state index contributed by atoms with van der Waals surface area (Å²) < 4.78 is 0. The van der Waals surface area contributed by atoms with Gasteiger partial charge in [0.1, 0.15) is 5.76 Å². The fraction of sp³-hybridized carbons (Fsp3) is 0.714. The first-order valence-corrected chi connectivity index (χ1v) is 6.51. The quantitative estimate of drug-likeness (QED) is 0.311. The van der Waals surface area contributed by atoms with E-state index in [9.17, 15) is 0 Å². The Balaban J connectivity index is 3.18. The van der Waals surface area contributed by atoms with E-state index in [2.05, 4.69) is 6.92 Å². The Morgan fingerprint density at radius 3 is 2.06 bits per heavy atom. The maximum atomic E-state index is 9.16. The van der Waals surface area contributed by atoms with Crippen LogP contribution in [-0.4, -0.2) is 10.2 Å². The van der Waals surface area contributed by atoms with Crippen molar-refractivity contribution in [1.82, 2.24) is 0 Å². The molecule has 0 unspecified atom stereocenters. The molecule has 16 heavy (non-hydrogen) atoms. The highest BCUT2D eigenvalue weighted by Crippen LogP contribution is 2.10. The fourth-order valence-corrected chi connectivity index (χ4v) is 1.67. The molecule has 2 heteroatoms. The van der Waals surface area contributed by atoms with Crippen molar-refractivity contribution >= 4 is 0 Å². The van der Waals surface area contributed by atoms with Gasteiger partial charge in [-0.1, -0.05) is 51.9 Å². The van der Waals surface area contributed by atoms with Crippen LogP contribution in [-0.2, 0) is 0 Å². The summed E-state index contributed by atoms with van der Waals surface area (Å²) in [4.78, 5) is 0. The number of allylic oxidation sites excluding steroid dienone is 2. The van der Waals surface area contributed by atoms with E-state index < -0.39 is 0 Å². The maximum absolute atomic E-state index is 9.16. The molecule has 0 spiro atoms. The average Bonchev–Trinajstić information content (AvgIpc) is 2.27. The lowest BCUT2D eigenvalue weighted by atomic mass is 10.1. The van der Waals surface area contributed by atoms with Gasteiger partial charge < -0.3 is 10.2 Å². The second-order valence-corrected chi connectivity index (χ2v) is 4.21. The third-order valence-corrected chi connectivity index (χ3v) is 2.66. The highest BCUT2D eigenvalue weighted by atomic mass is 16.3. The minimum atomic E-state index is 0.158. The van der Waals surface area contributed by atoms with E-state index in [0.29, 0.717) is 0 Å². The van der Waals surface area contributed by atoms with Crippen LogP contribution in [0.4, 0.5) is 0 Å². The van der Waals surface area contributed by atoms with Crippen LogP contribution >= 0.6 is 0 Å². The molecule has 0 bridgehead atoms. The first-order valence-electron chi connectivity index (χ1n) is 6.51. The summed E-state index contributed by atoms with van der Waals surface area (Å²) in [5.74, 6) is 0.158. The Kier molecular flexibility index (Phi) is 11.5. The summed E-state index contributed by atoms with van der Waals surface area (Å²) in [5.41, 5.74) is 0. The van der Waals surface area contributed by atoms with Crippen LogP contribution in [0.2, 0.25) is 0 Å². The van der Waals surface area contributed by atoms with Crippen LogP contribution in [0, 0.1) is 0 Å². The molecule has 0 atom stereocenters. The first kappa shape index (κ1) is 15.1. The largest absolute Gasteiger partial charge is 0.515 e. The van der Waals surface area contributed by atoms with E-state index in [-0.39, 0.29) is 5.76 Å². The number of aliphatic hydroxyl groups excluding tert-OH is 2. The zero-order valence-corrected chi connectivity index (χ0v) is 10.5. The average molecular weight is 226 g/mol. The van der Waals surface area contributed by atoms with E-state index in [1.54, 1.807) is 6.08 Å². The zero-order valence-electron chi connectivity index (χ0n) is 10.5. The lowest BCUT2D eigenvalue weighted by Crippen LogP contribution is -1.81. The molecule has 0 aromatic heterocycles. The monoisotopic (exact) mass is 226 g/mol. The Morgan fingerprint density at radius 2 is 1.50 bits per heavy atom. The molecule has 0 amide bonds. The molecule has 0 aromatic carbocycles. The lowest BCUT2D eigenvalue weighted by Gasteiger charge is -2.00. The van der Waals surface area contributed by atoms with Gasteiger partial charge in [0.15, 0.2) is 0 Å². The standard InChI is InChI=1S/C14H26O2/c1-2-3-4-5-6-7-8-9-10-11-14(16)12-13-15/h11-13,15-16H,2-10H2,1H3. The number of hydrogen-bond donors (Lipinski definition) is 2. The third kappa shape index (κ3) is 11.2. The predicted molar refractivity (Wildman–Crippen MR) is 69.7 cm³/mol. The summed E-state index contributed by atoms with van der Waals surface area (Å²) in [5, 5.41) is 17.6. The van der Waals surface area contributed by atoms with Crippen LogP contribution < -0.4 is 0 Å². The molecule has 0 aliphatic carbocycles. The van der Waals surface area contributed by atoms with Crippen molar-refractivity contribution in [3.8, 4) is 0 Å². The van der Waals surface area contributed by atoms with E-state index in [1.807, 2.05) is 0 Å². The van der Waals surface area contributed by atoms with Gasteiger partial charge >= 0.3 is 0 Å². The van der Waals surface area contributed by atoms with Gasteiger partial charge in [-0.3, -0.25) is 0 Å². The SMILES string of the molecule is CCCCCCCCCCC=C(O)C=CO. The molecular weight excluding hydrogens is 200 g/mol. The van der Waals surface area contributed by atoms with Gasteiger partial charge in [0.25, 0.3) is 0 Å². The van der Waals surface area contributed by atoms with E-state index in [1.165, 1.54) is 51.0 Å². The smallest absolute Gasteiger partial charge is 0.114 e. The highest BCUT2D eigenvalue weighted by molar-refractivity contribution is 5.07. The summed E-state index contributed by atoms with van der Waals surface area (Å²) in [6, 6.07) is 0. The zero-order chi connectivity index (χ0) is 12.1. The van der Waals surface area contributed by atoms with Gasteiger partial charge in [-0.25, -0.2) is 0 Å². The molecule has 0 aliphatic heterocycles. The number of rotatable bonds is 10. The lowest BCUT2D eigenvalue weighted by molar-refractivity contribution is 0.417. The fourth-order valence-electron chi connectivity index (χ4n) is 1.67. The van der Waals surface area contributed by atoms with Crippen molar-refractivity contribution in [1.29, 1.82) is 0 Å². The Morgan fingerprint density at radius 1 is 0.938 bits per heavy atom. The predicted octanol–water partition coefficient (Wildman–Crippen LogP) is 5.03. The Bertz CT molecular complexity index is 195. The Labute approximate surface area is 99.7 Å². The van der Waals surface area contributed by atoms with Crippen LogP contribution in [0.25, 0.3) is 0 Å². The van der Waals surface area contributed by atoms with Crippen molar-refractivity contribution in [2.24, 2.45) is 0 Å². The normalized spacial score (nSPS) is 12.4. The van der Waals surface area contributed by atoms with Crippen molar-refractivity contribution in [2.45, 2.75) is 64.7 Å². The molecule has 0 fully saturated rings. The van der Waals surface area contributed by atoms with Gasteiger partial charge in [0.05, 0.1) is 6.26 Å². The molecule has 0 radical (unpaired) electrons. The van der Waals surface area contributed by atoms with Gasteiger partial charge in [-0.2, -0.15) is 0 Å². The van der Waals surface area contributed by atoms with Crippen LogP contribution in [0.1, 0.15) is 64.7 Å². The Hall–Kier alpha value is -0.920. The molecular formula is C14H26O2. The molecule has 94 valence electrons. The molecule has 0 saturated carbocycles. The van der Waals surface area contributed by atoms with E-state index >= 15 is 0 Å². The van der Waals surface area contributed by atoms with Crippen molar-refractivity contribution in [2.75, 3.05) is 0 Å². The second kappa shape index (κ2) is 12.2. The van der Waals surface area contributed by atoms with Gasteiger partial charge in [-0.05, 0) is 18.9 Å². The van der Waals surface area contributed by atoms with Crippen molar-refractivity contribution in [3.63, 3.8) is 0 Å². The topological polar surface area (TPSA) is 40.5 Å². The van der Waals surface area contributed by atoms with E-state index in [4.69, 9.17) is 10.2 Å². The van der Waals surface area contributed by atoms with Crippen LogP contribution in [0.3, 0.4) is 0 Å². The minimum Gasteiger partial charge on any atom is -0.515 e. The van der Waals surface area contributed by atoms with Crippen LogP contribution in [0.15, 0.2) is 24.2 Å². The highest BCUT2D eigenvalue weighted by Gasteiger charge is 1.91. The van der Waals surface area contributed by atoms with Gasteiger partial charge in [0, 0.05) is 6.08 Å². The molecule has 0 rings (SSSR count). The molecule has 0 aromatic rings. The summed E-state index contributed by atoms with van der Waals surface area (Å²) in [7, 11) is 0. The van der Waals surface area contributed by atoms with Crippen LogP contribution in [0.5, 0.6) is 0 Å². The number of aliphatic hydroxyl groups is 2. The van der Waals surface area contributed by atoms with E-state index in [0.717, 1.165) is 19.1 Å². The third-order valence-electron chi connectivity index (χ3n) is 2.66. The first-order chi connectivity index (χ1) is 7.81. The van der Waals surface area contributed by atoms with Gasteiger partial charge in [-0.15, -0.1) is 0 Å². The number of unbranched alkanes of at least 4 members (excludes halogenated alkanes) is 8. The maximum Gasteiger partial charge on any atom is 0.114 e. The summed E-state index contributed by atoms with van der Waals surface area (Å²) >= 11 is 0. The molecule has 0 aliphatic rings. The number of hydrogen-bond acceptors (Lipinski definition) is 2. The van der Waals surface area contributed by atoms with Gasteiger partial charge in [0.2, 0.25) is 0 Å². The molecule has 2 N–H and O–H groups in total. The molecule has 2 nitrogen and oxygen atoms in total. The summed E-state index contributed by atoms with van der Waals surface area (Å²) in [6.07, 6.45) is 15.2. The molecule has 0 heterocycles. The summed E-state index contributed by atoms with van der Waals surface area (Å²) in [6.45, 7) is 2.24. The van der Waals surface area contributed by atoms with Crippen molar-refractivity contribution < 1.29 is 10.2 Å². The minimum absolute atomic E-state index is 0.158.